The summed E-state index contributed by atoms with van der Waals surface area (Å²) >= 11 is 0. The van der Waals surface area contributed by atoms with Crippen molar-refractivity contribution in [3.63, 3.8) is 0 Å². The van der Waals surface area contributed by atoms with E-state index in [0.29, 0.717) is 11.5 Å². The smallest absolute Gasteiger partial charge is 0.339 e. The number of nitrogens with zero attached hydrogens (tertiary/aromatic N) is 2. The Kier molecular flexibility index (Phi) is 9.77. The molecule has 5 nitrogen and oxygen atoms in total. The number of carbonyl (C=O) groups is 1. The zero-order chi connectivity index (χ0) is 24.4. The number of carboxylic acids is 1. The molecule has 2 aromatic rings. The SMILES string of the molecule is CC(C)(C)CCCCCCCCCc1ccc(Nc2nc(C#N)c(F)cc2C(=O)O)c(F)c1. The van der Waals surface area contributed by atoms with Crippen molar-refractivity contribution in [2.24, 2.45) is 5.41 Å². The molecule has 0 spiro atoms. The van der Waals surface area contributed by atoms with Crippen LogP contribution in [0.4, 0.5) is 20.3 Å². The van der Waals surface area contributed by atoms with Gasteiger partial charge in [-0.25, -0.2) is 18.6 Å². The lowest BCUT2D eigenvalue weighted by atomic mass is 9.89. The summed E-state index contributed by atoms with van der Waals surface area (Å²) in [4.78, 5) is 15.0. The number of aromatic nitrogens is 1. The summed E-state index contributed by atoms with van der Waals surface area (Å²) in [6, 6.07) is 6.93. The number of carboxylic acid groups (broad SMARTS) is 1. The molecule has 0 aliphatic carbocycles. The van der Waals surface area contributed by atoms with Gasteiger partial charge in [0.15, 0.2) is 11.5 Å². The van der Waals surface area contributed by atoms with Crippen LogP contribution in [0.3, 0.4) is 0 Å². The number of benzene rings is 1. The molecule has 33 heavy (non-hydrogen) atoms. The fourth-order valence-corrected chi connectivity index (χ4v) is 3.64. The van der Waals surface area contributed by atoms with Gasteiger partial charge in [0.2, 0.25) is 0 Å². The number of nitriles is 1. The minimum Gasteiger partial charge on any atom is -0.478 e. The van der Waals surface area contributed by atoms with Crippen LogP contribution in [0.2, 0.25) is 0 Å². The van der Waals surface area contributed by atoms with Crippen LogP contribution in [0.5, 0.6) is 0 Å². The lowest BCUT2D eigenvalue weighted by Gasteiger charge is -2.17. The predicted octanol–water partition coefficient (Wildman–Crippen LogP) is 7.38. The lowest BCUT2D eigenvalue weighted by Crippen LogP contribution is -2.08. The second-order valence-electron chi connectivity index (χ2n) is 9.61. The Balaban J connectivity index is 1.84. The number of anilines is 2. The minimum atomic E-state index is -1.43. The molecule has 0 atom stereocenters. The van der Waals surface area contributed by atoms with Gasteiger partial charge in [0.25, 0.3) is 0 Å². The van der Waals surface area contributed by atoms with Crippen molar-refractivity contribution in [1.82, 2.24) is 4.98 Å². The van der Waals surface area contributed by atoms with Gasteiger partial charge in [0.05, 0.1) is 5.69 Å². The molecular weight excluding hydrogens is 424 g/mol. The Hall–Kier alpha value is -3.01. The van der Waals surface area contributed by atoms with Crippen LogP contribution < -0.4 is 5.32 Å². The van der Waals surface area contributed by atoms with E-state index in [1.54, 1.807) is 12.1 Å². The Bertz CT molecular complexity index is 994. The van der Waals surface area contributed by atoms with Gasteiger partial charge in [0.1, 0.15) is 23.3 Å². The third-order valence-electron chi connectivity index (χ3n) is 5.49. The van der Waals surface area contributed by atoms with Crippen molar-refractivity contribution >= 4 is 17.5 Å². The number of hydrogen-bond donors (Lipinski definition) is 2. The van der Waals surface area contributed by atoms with Crippen molar-refractivity contribution in [2.75, 3.05) is 5.32 Å². The average molecular weight is 458 g/mol. The van der Waals surface area contributed by atoms with Crippen LogP contribution in [-0.2, 0) is 6.42 Å². The number of aromatic carboxylic acids is 1. The molecule has 0 aliphatic rings. The molecule has 0 fully saturated rings. The summed E-state index contributed by atoms with van der Waals surface area (Å²) in [5, 5.41) is 20.8. The number of pyridine rings is 1. The number of aryl methyl sites for hydroxylation is 1. The van der Waals surface area contributed by atoms with Gasteiger partial charge in [-0.2, -0.15) is 5.26 Å². The van der Waals surface area contributed by atoms with Crippen molar-refractivity contribution in [3.8, 4) is 6.07 Å². The van der Waals surface area contributed by atoms with Crippen LogP contribution in [-0.4, -0.2) is 16.1 Å². The summed E-state index contributed by atoms with van der Waals surface area (Å²) in [5.74, 6) is -3.32. The lowest BCUT2D eigenvalue weighted by molar-refractivity contribution is 0.0697. The highest BCUT2D eigenvalue weighted by Crippen LogP contribution is 2.25. The van der Waals surface area contributed by atoms with E-state index in [-0.39, 0.29) is 11.5 Å². The van der Waals surface area contributed by atoms with E-state index in [4.69, 9.17) is 5.26 Å². The molecule has 0 bridgehead atoms. The molecule has 1 heterocycles. The highest BCUT2D eigenvalue weighted by Gasteiger charge is 2.18. The molecule has 1 aromatic carbocycles. The van der Waals surface area contributed by atoms with Gasteiger partial charge in [-0.3, -0.25) is 0 Å². The highest BCUT2D eigenvalue weighted by atomic mass is 19.1. The fourth-order valence-electron chi connectivity index (χ4n) is 3.64. The van der Waals surface area contributed by atoms with Gasteiger partial charge < -0.3 is 10.4 Å². The first-order valence-electron chi connectivity index (χ1n) is 11.5. The molecule has 2 rings (SSSR count). The zero-order valence-electron chi connectivity index (χ0n) is 19.7. The molecule has 1 aromatic heterocycles. The maximum absolute atomic E-state index is 14.6. The van der Waals surface area contributed by atoms with E-state index in [9.17, 15) is 18.7 Å². The largest absolute Gasteiger partial charge is 0.478 e. The minimum absolute atomic E-state index is 0.0134. The van der Waals surface area contributed by atoms with E-state index in [0.717, 1.165) is 24.8 Å². The van der Waals surface area contributed by atoms with Crippen molar-refractivity contribution < 1.29 is 18.7 Å². The van der Waals surface area contributed by atoms with Gasteiger partial charge in [-0.05, 0) is 48.4 Å². The number of halogens is 2. The van der Waals surface area contributed by atoms with Crippen LogP contribution >= 0.6 is 0 Å². The summed E-state index contributed by atoms with van der Waals surface area (Å²) in [7, 11) is 0. The van der Waals surface area contributed by atoms with Crippen LogP contribution in [0.15, 0.2) is 24.3 Å². The standard InChI is InChI=1S/C26H33F2N3O2/c1-26(2,3)14-10-8-6-4-5-7-9-11-18-12-13-22(20(27)15-18)30-24-19(25(32)33)16-21(28)23(17-29)31-24/h12-13,15-16H,4-11,14H2,1-3H3,(H,30,31)(H,32,33). The Morgan fingerprint density at radius 1 is 1.03 bits per heavy atom. The first kappa shape index (κ1) is 26.2. The fraction of sp³-hybridized carbons (Fsp3) is 0.500. The first-order valence-corrected chi connectivity index (χ1v) is 11.5. The van der Waals surface area contributed by atoms with Crippen LogP contribution in [0.1, 0.15) is 93.8 Å². The summed E-state index contributed by atoms with van der Waals surface area (Å²) in [6.07, 6.45) is 10.3. The van der Waals surface area contributed by atoms with Gasteiger partial charge >= 0.3 is 5.97 Å². The van der Waals surface area contributed by atoms with Gasteiger partial charge in [0, 0.05) is 0 Å². The Morgan fingerprint density at radius 2 is 1.67 bits per heavy atom. The van der Waals surface area contributed by atoms with Crippen molar-refractivity contribution in [2.45, 2.75) is 78.6 Å². The highest BCUT2D eigenvalue weighted by molar-refractivity contribution is 5.94. The number of nitrogens with one attached hydrogen (secondary N) is 1. The van der Waals surface area contributed by atoms with E-state index in [2.05, 4.69) is 31.1 Å². The molecular formula is C26H33F2N3O2. The molecule has 0 radical (unpaired) electrons. The third kappa shape index (κ3) is 8.80. The monoisotopic (exact) mass is 457 g/mol. The molecule has 0 aliphatic heterocycles. The number of rotatable bonds is 12. The Morgan fingerprint density at radius 3 is 2.24 bits per heavy atom. The normalized spacial score (nSPS) is 11.3. The quantitative estimate of drug-likeness (QED) is 0.325. The zero-order valence-corrected chi connectivity index (χ0v) is 19.7. The van der Waals surface area contributed by atoms with E-state index in [1.165, 1.54) is 50.7 Å². The topological polar surface area (TPSA) is 86.0 Å². The van der Waals surface area contributed by atoms with Crippen molar-refractivity contribution in [1.29, 1.82) is 5.26 Å². The van der Waals surface area contributed by atoms with Crippen LogP contribution in [0.25, 0.3) is 0 Å². The van der Waals surface area contributed by atoms with Crippen LogP contribution in [0, 0.1) is 28.4 Å². The Labute approximate surface area is 194 Å². The maximum atomic E-state index is 14.6. The van der Waals surface area contributed by atoms with E-state index < -0.39 is 28.9 Å². The summed E-state index contributed by atoms with van der Waals surface area (Å²) in [6.45, 7) is 6.82. The summed E-state index contributed by atoms with van der Waals surface area (Å²) < 4.78 is 28.3. The second-order valence-corrected chi connectivity index (χ2v) is 9.61. The molecule has 0 unspecified atom stereocenters. The first-order chi connectivity index (χ1) is 15.6. The molecule has 178 valence electrons. The second kappa shape index (κ2) is 12.3. The number of hydrogen-bond acceptors (Lipinski definition) is 4. The maximum Gasteiger partial charge on any atom is 0.339 e. The van der Waals surface area contributed by atoms with E-state index >= 15 is 0 Å². The summed E-state index contributed by atoms with van der Waals surface area (Å²) in [5.41, 5.74) is 0.238. The molecule has 2 N–H and O–H groups in total. The van der Waals surface area contributed by atoms with Gasteiger partial charge in [-0.1, -0.05) is 65.4 Å². The average Bonchev–Trinajstić information content (AvgIpc) is 2.74. The molecule has 0 amide bonds. The van der Waals surface area contributed by atoms with Crippen molar-refractivity contribution in [3.05, 3.63) is 52.7 Å². The third-order valence-corrected chi connectivity index (χ3v) is 5.49. The molecule has 0 saturated heterocycles. The predicted molar refractivity (Wildman–Crippen MR) is 126 cm³/mol. The number of unbranched alkanes of at least 4 members (excludes halogenated alkanes) is 6. The molecule has 0 saturated carbocycles. The molecule has 7 heteroatoms. The van der Waals surface area contributed by atoms with E-state index in [1.807, 2.05) is 0 Å². The van der Waals surface area contributed by atoms with Gasteiger partial charge in [-0.15, -0.1) is 0 Å².